The molecule has 1 aromatic rings. The van der Waals surface area contributed by atoms with E-state index in [9.17, 15) is 0 Å². The van der Waals surface area contributed by atoms with Gasteiger partial charge in [-0.2, -0.15) is 11.8 Å². The molecule has 1 nitrogen and oxygen atoms in total. The zero-order valence-corrected chi connectivity index (χ0v) is 11.5. The second-order valence-corrected chi connectivity index (χ2v) is 5.95. The van der Waals surface area contributed by atoms with Gasteiger partial charge in [-0.15, -0.1) is 0 Å². The third-order valence-corrected chi connectivity index (χ3v) is 4.64. The predicted molar refractivity (Wildman–Crippen MR) is 73.7 cm³/mol. The van der Waals surface area contributed by atoms with Crippen LogP contribution in [0.1, 0.15) is 24.9 Å². The molecule has 0 saturated carbocycles. The molecule has 1 N–H and O–H groups in total. The van der Waals surface area contributed by atoms with E-state index in [4.69, 9.17) is 23.2 Å². The highest BCUT2D eigenvalue weighted by molar-refractivity contribution is 7.99. The van der Waals surface area contributed by atoms with Crippen LogP contribution in [0, 0.1) is 0 Å². The predicted octanol–water partition coefficient (Wildman–Crippen LogP) is 4.15. The molecular formula is C12H15Cl2NS. The van der Waals surface area contributed by atoms with E-state index in [0.29, 0.717) is 17.1 Å². The fraction of sp³-hybridized carbons (Fsp3) is 0.500. The molecular weight excluding hydrogens is 261 g/mol. The lowest BCUT2D eigenvalue weighted by molar-refractivity contribution is 0.466. The van der Waals surface area contributed by atoms with Crippen molar-refractivity contribution in [3.05, 3.63) is 33.8 Å². The van der Waals surface area contributed by atoms with Gasteiger partial charge >= 0.3 is 0 Å². The number of thioether (sulfide) groups is 1. The third-order valence-electron chi connectivity index (χ3n) is 2.87. The van der Waals surface area contributed by atoms with Crippen LogP contribution in [-0.2, 0) is 0 Å². The van der Waals surface area contributed by atoms with Crippen LogP contribution in [-0.4, -0.2) is 17.5 Å². The molecule has 0 bridgehead atoms. The summed E-state index contributed by atoms with van der Waals surface area (Å²) < 4.78 is 0. The largest absolute Gasteiger partial charge is 0.306 e. The van der Waals surface area contributed by atoms with E-state index in [-0.39, 0.29) is 0 Å². The minimum absolute atomic E-state index is 0.355. The first kappa shape index (κ1) is 12.6. The van der Waals surface area contributed by atoms with Gasteiger partial charge in [-0.05, 0) is 24.1 Å². The number of benzene rings is 1. The molecule has 2 atom stereocenters. The smallest absolute Gasteiger partial charge is 0.0468 e. The Morgan fingerprint density at radius 2 is 2.19 bits per heavy atom. The summed E-state index contributed by atoms with van der Waals surface area (Å²) >= 11 is 14.1. The van der Waals surface area contributed by atoms with Gasteiger partial charge in [-0.1, -0.05) is 36.2 Å². The van der Waals surface area contributed by atoms with Crippen molar-refractivity contribution in [2.24, 2.45) is 0 Å². The number of halogens is 2. The fourth-order valence-electron chi connectivity index (χ4n) is 1.91. The van der Waals surface area contributed by atoms with Gasteiger partial charge in [-0.3, -0.25) is 0 Å². The Morgan fingerprint density at radius 1 is 1.38 bits per heavy atom. The van der Waals surface area contributed by atoms with Crippen molar-refractivity contribution in [3.63, 3.8) is 0 Å². The molecule has 88 valence electrons. The Morgan fingerprint density at radius 3 is 2.88 bits per heavy atom. The van der Waals surface area contributed by atoms with Crippen molar-refractivity contribution >= 4 is 35.0 Å². The minimum atomic E-state index is 0.355. The van der Waals surface area contributed by atoms with E-state index < -0.39 is 0 Å². The maximum Gasteiger partial charge on any atom is 0.0468 e. The fourth-order valence-corrected chi connectivity index (χ4v) is 3.71. The van der Waals surface area contributed by atoms with Crippen molar-refractivity contribution in [1.29, 1.82) is 0 Å². The van der Waals surface area contributed by atoms with Gasteiger partial charge in [0.15, 0.2) is 0 Å². The Balaban J connectivity index is 2.16. The molecule has 16 heavy (non-hydrogen) atoms. The highest BCUT2D eigenvalue weighted by atomic mass is 35.5. The van der Waals surface area contributed by atoms with Gasteiger partial charge in [0.05, 0.1) is 0 Å². The second-order valence-electron chi connectivity index (χ2n) is 4.03. The van der Waals surface area contributed by atoms with Crippen LogP contribution in [0.5, 0.6) is 0 Å². The highest BCUT2D eigenvalue weighted by Crippen LogP contribution is 2.31. The summed E-state index contributed by atoms with van der Waals surface area (Å²) in [7, 11) is 0. The summed E-state index contributed by atoms with van der Waals surface area (Å²) in [5, 5.41) is 5.10. The van der Waals surface area contributed by atoms with Gasteiger partial charge in [-0.25, -0.2) is 0 Å². The summed E-state index contributed by atoms with van der Waals surface area (Å²) in [5.74, 6) is 2.27. The van der Waals surface area contributed by atoms with Crippen LogP contribution in [0.25, 0.3) is 0 Å². The van der Waals surface area contributed by atoms with E-state index in [1.807, 2.05) is 30.0 Å². The summed E-state index contributed by atoms with van der Waals surface area (Å²) in [6, 6.07) is 6.70. The molecule has 0 aliphatic carbocycles. The lowest BCUT2D eigenvalue weighted by Crippen LogP contribution is -2.39. The highest BCUT2D eigenvalue weighted by Gasteiger charge is 2.22. The van der Waals surface area contributed by atoms with E-state index in [1.54, 1.807) is 0 Å². The van der Waals surface area contributed by atoms with Crippen LogP contribution < -0.4 is 5.32 Å². The van der Waals surface area contributed by atoms with E-state index in [2.05, 4.69) is 12.2 Å². The summed E-state index contributed by atoms with van der Waals surface area (Å²) in [6.45, 7) is 2.21. The number of rotatable bonds is 2. The Bertz CT molecular complexity index is 370. The molecule has 1 saturated heterocycles. The van der Waals surface area contributed by atoms with Crippen molar-refractivity contribution in [3.8, 4) is 0 Å². The van der Waals surface area contributed by atoms with Gasteiger partial charge < -0.3 is 5.32 Å². The molecule has 0 spiro atoms. The standard InChI is InChI=1S/C12H15Cl2NS/c1-2-9-6-16-7-12(15-9)10-4-3-8(13)5-11(10)14/h3-5,9,12,15H,2,6-7H2,1H3. The lowest BCUT2D eigenvalue weighted by atomic mass is 10.1. The molecule has 0 aromatic heterocycles. The molecule has 1 aliphatic rings. The van der Waals surface area contributed by atoms with E-state index in [0.717, 1.165) is 22.8 Å². The quantitative estimate of drug-likeness (QED) is 0.870. The third kappa shape index (κ3) is 2.86. The van der Waals surface area contributed by atoms with Gasteiger partial charge in [0.1, 0.15) is 0 Å². The maximum absolute atomic E-state index is 6.22. The molecule has 1 aliphatic heterocycles. The Hall–Kier alpha value is 0.110. The zero-order chi connectivity index (χ0) is 11.5. The molecule has 1 fully saturated rings. The topological polar surface area (TPSA) is 12.0 Å². The van der Waals surface area contributed by atoms with Crippen molar-refractivity contribution in [2.75, 3.05) is 11.5 Å². The van der Waals surface area contributed by atoms with Crippen molar-refractivity contribution < 1.29 is 0 Å². The molecule has 1 heterocycles. The van der Waals surface area contributed by atoms with E-state index in [1.165, 1.54) is 5.75 Å². The van der Waals surface area contributed by atoms with Crippen molar-refractivity contribution in [1.82, 2.24) is 5.32 Å². The SMILES string of the molecule is CCC1CSCC(c2ccc(Cl)cc2Cl)N1. The molecule has 2 unspecified atom stereocenters. The van der Waals surface area contributed by atoms with Crippen LogP contribution in [0.4, 0.5) is 0 Å². The van der Waals surface area contributed by atoms with Gasteiger partial charge in [0.25, 0.3) is 0 Å². The first-order valence-corrected chi connectivity index (χ1v) is 7.40. The zero-order valence-electron chi connectivity index (χ0n) is 9.17. The van der Waals surface area contributed by atoms with Crippen LogP contribution >= 0.6 is 35.0 Å². The Labute approximate surface area is 111 Å². The maximum atomic E-state index is 6.22. The minimum Gasteiger partial charge on any atom is -0.306 e. The van der Waals surface area contributed by atoms with E-state index >= 15 is 0 Å². The van der Waals surface area contributed by atoms with Crippen LogP contribution in [0.15, 0.2) is 18.2 Å². The Kier molecular flexibility index (Phi) is 4.42. The average molecular weight is 276 g/mol. The first-order chi connectivity index (χ1) is 7.70. The van der Waals surface area contributed by atoms with Crippen LogP contribution in [0.3, 0.4) is 0 Å². The molecule has 0 amide bonds. The molecule has 4 heteroatoms. The van der Waals surface area contributed by atoms with Gasteiger partial charge in [0, 0.05) is 33.6 Å². The summed E-state index contributed by atoms with van der Waals surface area (Å²) in [5.41, 5.74) is 1.16. The molecule has 2 rings (SSSR count). The average Bonchev–Trinajstić information content (AvgIpc) is 2.29. The molecule has 1 aromatic carbocycles. The second kappa shape index (κ2) is 5.63. The normalized spacial score (nSPS) is 25.7. The van der Waals surface area contributed by atoms with Gasteiger partial charge in [0.2, 0.25) is 0 Å². The van der Waals surface area contributed by atoms with Crippen molar-refractivity contribution in [2.45, 2.75) is 25.4 Å². The molecule has 0 radical (unpaired) electrons. The number of hydrogen-bond acceptors (Lipinski definition) is 2. The summed E-state index contributed by atoms with van der Waals surface area (Å²) in [6.07, 6.45) is 1.16. The number of nitrogens with one attached hydrogen (secondary N) is 1. The monoisotopic (exact) mass is 275 g/mol. The van der Waals surface area contributed by atoms with Crippen LogP contribution in [0.2, 0.25) is 10.0 Å². The lowest BCUT2D eigenvalue weighted by Gasteiger charge is -2.30. The summed E-state index contributed by atoms with van der Waals surface area (Å²) in [4.78, 5) is 0. The number of hydrogen-bond donors (Lipinski definition) is 1. The first-order valence-electron chi connectivity index (χ1n) is 5.49.